The molecule has 3 rings (SSSR count). The summed E-state index contributed by atoms with van der Waals surface area (Å²) >= 11 is 0. The monoisotopic (exact) mass is 441 g/mol. The van der Waals surface area contributed by atoms with E-state index in [9.17, 15) is 14.9 Å². The lowest BCUT2D eigenvalue weighted by molar-refractivity contribution is -0.384. The van der Waals surface area contributed by atoms with E-state index in [1.54, 1.807) is 31.2 Å². The lowest BCUT2D eigenvalue weighted by Crippen LogP contribution is -2.46. The highest BCUT2D eigenvalue weighted by atomic mass is 16.6. The average molecular weight is 442 g/mol. The Hall–Kier alpha value is -3.04. The van der Waals surface area contributed by atoms with Gasteiger partial charge in [-0.3, -0.25) is 19.9 Å². The van der Waals surface area contributed by atoms with E-state index in [1.165, 1.54) is 6.07 Å². The van der Waals surface area contributed by atoms with Gasteiger partial charge < -0.3 is 19.9 Å². The Kier molecular flexibility index (Phi) is 8.52. The number of pyridine rings is 1. The van der Waals surface area contributed by atoms with E-state index in [0.717, 1.165) is 44.6 Å². The lowest BCUT2D eigenvalue weighted by Gasteiger charge is -2.36. The van der Waals surface area contributed by atoms with Crippen LogP contribution in [0, 0.1) is 10.1 Å². The number of nitrogens with one attached hydrogen (secondary N) is 1. The highest BCUT2D eigenvalue weighted by molar-refractivity contribution is 5.95. The number of methoxy groups -OCH3 is 1. The Morgan fingerprint density at radius 1 is 1.31 bits per heavy atom. The first-order chi connectivity index (χ1) is 15.5. The molecular formula is C23H31N5O4. The molecule has 172 valence electrons. The quantitative estimate of drug-likeness (QED) is 0.344. The van der Waals surface area contributed by atoms with E-state index in [2.05, 4.69) is 15.2 Å². The van der Waals surface area contributed by atoms with Crippen molar-refractivity contribution < 1.29 is 14.5 Å². The van der Waals surface area contributed by atoms with Crippen molar-refractivity contribution in [2.45, 2.75) is 25.3 Å². The third kappa shape index (κ3) is 6.24. The Morgan fingerprint density at radius 2 is 2.09 bits per heavy atom. The third-order valence-electron chi connectivity index (χ3n) is 5.90. The number of carbonyl (C=O) groups is 1. The Morgan fingerprint density at radius 3 is 2.75 bits per heavy atom. The SMILES string of the molecule is COCCNc1ccc(C(=O)N(C)C2CCN(CCc3ccccn3)CC2)cc1[N+](=O)[O-]. The van der Waals surface area contributed by atoms with Crippen molar-refractivity contribution >= 4 is 17.3 Å². The lowest BCUT2D eigenvalue weighted by atomic mass is 10.0. The molecule has 0 radical (unpaired) electrons. The minimum atomic E-state index is -0.466. The van der Waals surface area contributed by atoms with Gasteiger partial charge in [-0.05, 0) is 37.1 Å². The minimum absolute atomic E-state index is 0.107. The van der Waals surface area contributed by atoms with Crippen LogP contribution in [0.3, 0.4) is 0 Å². The number of hydrogen-bond donors (Lipinski definition) is 1. The van der Waals surface area contributed by atoms with Crippen LogP contribution in [-0.2, 0) is 11.2 Å². The number of nitrogens with zero attached hydrogens (tertiary/aromatic N) is 4. The largest absolute Gasteiger partial charge is 0.383 e. The Bertz CT molecular complexity index is 901. The van der Waals surface area contributed by atoms with Crippen LogP contribution in [0.2, 0.25) is 0 Å². The number of ether oxygens (including phenoxy) is 1. The van der Waals surface area contributed by atoms with Gasteiger partial charge in [0.15, 0.2) is 0 Å². The molecule has 0 unspecified atom stereocenters. The molecule has 32 heavy (non-hydrogen) atoms. The summed E-state index contributed by atoms with van der Waals surface area (Å²) in [5, 5.41) is 14.5. The summed E-state index contributed by atoms with van der Waals surface area (Å²) in [7, 11) is 3.35. The highest BCUT2D eigenvalue weighted by Crippen LogP contribution is 2.27. The van der Waals surface area contributed by atoms with Gasteiger partial charge in [0.05, 0.1) is 11.5 Å². The first-order valence-corrected chi connectivity index (χ1v) is 10.9. The molecule has 0 bridgehead atoms. The maximum absolute atomic E-state index is 13.0. The molecule has 1 aromatic heterocycles. The highest BCUT2D eigenvalue weighted by Gasteiger charge is 2.27. The van der Waals surface area contributed by atoms with Crippen molar-refractivity contribution in [2.75, 3.05) is 52.3 Å². The number of anilines is 1. The van der Waals surface area contributed by atoms with E-state index in [-0.39, 0.29) is 17.6 Å². The molecule has 9 nitrogen and oxygen atoms in total. The fourth-order valence-electron chi connectivity index (χ4n) is 3.97. The molecule has 9 heteroatoms. The van der Waals surface area contributed by atoms with Gasteiger partial charge in [0, 0.05) is 76.3 Å². The smallest absolute Gasteiger partial charge is 0.293 e. The van der Waals surface area contributed by atoms with Crippen molar-refractivity contribution in [3.8, 4) is 0 Å². The van der Waals surface area contributed by atoms with Crippen LogP contribution in [0.25, 0.3) is 0 Å². The summed E-state index contributed by atoms with van der Waals surface area (Å²) in [5.74, 6) is -0.191. The molecule has 1 fully saturated rings. The van der Waals surface area contributed by atoms with Gasteiger partial charge >= 0.3 is 0 Å². The number of hydrogen-bond acceptors (Lipinski definition) is 7. The minimum Gasteiger partial charge on any atom is -0.383 e. The first-order valence-electron chi connectivity index (χ1n) is 10.9. The molecule has 2 heterocycles. The average Bonchev–Trinajstić information content (AvgIpc) is 2.83. The van der Waals surface area contributed by atoms with Gasteiger partial charge in [0.2, 0.25) is 0 Å². The molecule has 1 N–H and O–H groups in total. The van der Waals surface area contributed by atoms with Crippen LogP contribution in [-0.4, -0.2) is 78.6 Å². The molecule has 1 saturated heterocycles. The number of aromatic nitrogens is 1. The standard InChI is InChI=1S/C23H31N5O4/c1-26(20-9-14-27(15-10-20)13-8-19-5-3-4-11-24-19)23(29)18-6-7-21(25-12-16-32-2)22(17-18)28(30)31/h3-7,11,17,20,25H,8-10,12-16H2,1-2H3. The van der Waals surface area contributed by atoms with Gasteiger partial charge in [0.1, 0.15) is 5.69 Å². The number of amides is 1. The fraction of sp³-hybridized carbons (Fsp3) is 0.478. The van der Waals surface area contributed by atoms with E-state index >= 15 is 0 Å². The zero-order chi connectivity index (χ0) is 22.9. The second-order valence-corrected chi connectivity index (χ2v) is 7.97. The van der Waals surface area contributed by atoms with E-state index in [1.807, 2.05) is 24.4 Å². The molecule has 0 atom stereocenters. The normalized spacial score (nSPS) is 14.8. The third-order valence-corrected chi connectivity index (χ3v) is 5.90. The van der Waals surface area contributed by atoms with Gasteiger partial charge in [-0.25, -0.2) is 0 Å². The zero-order valence-electron chi connectivity index (χ0n) is 18.7. The van der Waals surface area contributed by atoms with E-state index in [4.69, 9.17) is 4.74 Å². The number of nitro groups is 1. The van der Waals surface area contributed by atoms with Crippen LogP contribution < -0.4 is 5.32 Å². The number of likely N-dealkylation sites (tertiary alicyclic amines) is 1. The molecule has 1 amide bonds. The molecule has 0 spiro atoms. The summed E-state index contributed by atoms with van der Waals surface area (Å²) in [6.07, 6.45) is 4.48. The predicted octanol–water partition coefficient (Wildman–Crippen LogP) is 2.83. The Balaban J connectivity index is 1.56. The maximum atomic E-state index is 13.0. The van der Waals surface area contributed by atoms with Crippen LogP contribution in [0.1, 0.15) is 28.9 Å². The van der Waals surface area contributed by atoms with Crippen molar-refractivity contribution in [1.29, 1.82) is 0 Å². The molecule has 1 aliphatic rings. The molecule has 0 saturated carbocycles. The van der Waals surface area contributed by atoms with Crippen LogP contribution >= 0.6 is 0 Å². The number of carbonyl (C=O) groups excluding carboxylic acids is 1. The molecule has 1 aromatic carbocycles. The van der Waals surface area contributed by atoms with Crippen molar-refractivity contribution in [3.63, 3.8) is 0 Å². The Labute approximate surface area is 188 Å². The van der Waals surface area contributed by atoms with Gasteiger partial charge in [-0.1, -0.05) is 6.07 Å². The number of nitro benzene ring substituents is 1. The summed E-state index contributed by atoms with van der Waals surface area (Å²) < 4.78 is 4.97. The second kappa shape index (κ2) is 11.5. The molecule has 0 aliphatic carbocycles. The predicted molar refractivity (Wildman–Crippen MR) is 123 cm³/mol. The summed E-state index contributed by atoms with van der Waals surface area (Å²) in [4.78, 5) is 32.6. The fourth-order valence-corrected chi connectivity index (χ4v) is 3.97. The van der Waals surface area contributed by atoms with Crippen molar-refractivity contribution in [1.82, 2.24) is 14.8 Å². The second-order valence-electron chi connectivity index (χ2n) is 7.97. The van der Waals surface area contributed by atoms with E-state index in [0.29, 0.717) is 24.4 Å². The van der Waals surface area contributed by atoms with E-state index < -0.39 is 4.92 Å². The molecule has 2 aromatic rings. The van der Waals surface area contributed by atoms with Crippen molar-refractivity contribution in [2.24, 2.45) is 0 Å². The number of benzene rings is 1. The molecule has 1 aliphatic heterocycles. The summed E-state index contributed by atoms with van der Waals surface area (Å²) in [6, 6.07) is 10.7. The topological polar surface area (TPSA) is 101 Å². The van der Waals surface area contributed by atoms with Crippen molar-refractivity contribution in [3.05, 3.63) is 64.0 Å². The first kappa shape index (κ1) is 23.6. The van der Waals surface area contributed by atoms with Crippen LogP contribution in [0.15, 0.2) is 42.6 Å². The summed E-state index contributed by atoms with van der Waals surface area (Å²) in [5.41, 5.74) is 1.69. The summed E-state index contributed by atoms with van der Waals surface area (Å²) in [6.45, 7) is 3.66. The van der Waals surface area contributed by atoms with Crippen LogP contribution in [0.4, 0.5) is 11.4 Å². The van der Waals surface area contributed by atoms with Crippen LogP contribution in [0.5, 0.6) is 0 Å². The molecular weight excluding hydrogens is 410 g/mol. The zero-order valence-corrected chi connectivity index (χ0v) is 18.7. The van der Waals surface area contributed by atoms with Gasteiger partial charge in [0.25, 0.3) is 11.6 Å². The number of piperidine rings is 1. The van der Waals surface area contributed by atoms with Gasteiger partial charge in [-0.2, -0.15) is 0 Å². The van der Waals surface area contributed by atoms with Gasteiger partial charge in [-0.15, -0.1) is 0 Å². The number of rotatable bonds is 10. The maximum Gasteiger partial charge on any atom is 0.293 e.